The average molecular weight is 273 g/mol. The molecule has 0 saturated heterocycles. The fourth-order valence-electron chi connectivity index (χ4n) is 1.91. The van der Waals surface area contributed by atoms with E-state index in [1.54, 1.807) is 0 Å². The molecule has 14 heavy (non-hydrogen) atoms. The largest absolute Gasteiger partial charge is 0.393 e. The second-order valence-electron chi connectivity index (χ2n) is 3.74. The van der Waals surface area contributed by atoms with Gasteiger partial charge in [-0.15, -0.1) is 11.8 Å². The molecule has 0 amide bonds. The summed E-state index contributed by atoms with van der Waals surface area (Å²) >= 11 is 5.47. The van der Waals surface area contributed by atoms with Crippen LogP contribution in [0.4, 0.5) is 0 Å². The third-order valence-corrected chi connectivity index (χ3v) is 4.41. The number of hydrogen-bond donors (Lipinski definition) is 1. The van der Waals surface area contributed by atoms with E-state index < -0.39 is 0 Å². The molecule has 0 aliphatic carbocycles. The van der Waals surface area contributed by atoms with Crippen molar-refractivity contribution in [2.45, 2.75) is 30.3 Å². The van der Waals surface area contributed by atoms with E-state index >= 15 is 0 Å². The van der Waals surface area contributed by atoms with Gasteiger partial charge >= 0.3 is 0 Å². The molecule has 2 unspecified atom stereocenters. The van der Waals surface area contributed by atoms with Gasteiger partial charge in [-0.3, -0.25) is 0 Å². The maximum atomic E-state index is 9.40. The lowest BCUT2D eigenvalue weighted by Gasteiger charge is -2.13. The standard InChI is InChI=1S/C11H13BrOS/c1-7(13)5-8-6-14-10-4-2-3-9(12)11(8)10/h2-4,7-8,13H,5-6H2,1H3. The van der Waals surface area contributed by atoms with Gasteiger partial charge in [-0.2, -0.15) is 0 Å². The molecule has 0 spiro atoms. The second-order valence-corrected chi connectivity index (χ2v) is 5.66. The van der Waals surface area contributed by atoms with Crippen LogP contribution in [0.5, 0.6) is 0 Å². The first-order valence-electron chi connectivity index (χ1n) is 4.77. The van der Waals surface area contributed by atoms with Gasteiger partial charge in [-0.25, -0.2) is 0 Å². The SMILES string of the molecule is CC(O)CC1CSc2cccc(Br)c21. The Hall–Kier alpha value is 0.01000. The first-order valence-corrected chi connectivity index (χ1v) is 6.55. The van der Waals surface area contributed by atoms with Gasteiger partial charge in [0, 0.05) is 15.1 Å². The van der Waals surface area contributed by atoms with E-state index in [0.717, 1.165) is 12.2 Å². The number of hydrogen-bond acceptors (Lipinski definition) is 2. The lowest BCUT2D eigenvalue weighted by molar-refractivity contribution is 0.177. The topological polar surface area (TPSA) is 20.2 Å². The van der Waals surface area contributed by atoms with E-state index in [1.165, 1.54) is 14.9 Å². The molecule has 1 aromatic carbocycles. The minimum atomic E-state index is -0.210. The summed E-state index contributed by atoms with van der Waals surface area (Å²) in [5, 5.41) is 9.40. The zero-order valence-electron chi connectivity index (χ0n) is 8.03. The first kappa shape index (κ1) is 10.5. The molecule has 2 rings (SSSR count). The number of halogens is 1. The number of aliphatic hydroxyl groups is 1. The van der Waals surface area contributed by atoms with Crippen LogP contribution >= 0.6 is 27.7 Å². The lowest BCUT2D eigenvalue weighted by atomic mass is 9.96. The summed E-state index contributed by atoms with van der Waals surface area (Å²) in [4.78, 5) is 1.37. The molecule has 1 aliphatic heterocycles. The van der Waals surface area contributed by atoms with Crippen molar-refractivity contribution >= 4 is 27.7 Å². The molecule has 3 heteroatoms. The minimum Gasteiger partial charge on any atom is -0.393 e. The van der Waals surface area contributed by atoms with E-state index in [9.17, 15) is 5.11 Å². The van der Waals surface area contributed by atoms with E-state index in [2.05, 4.69) is 34.1 Å². The second kappa shape index (κ2) is 4.25. The predicted molar refractivity (Wildman–Crippen MR) is 63.9 cm³/mol. The van der Waals surface area contributed by atoms with Crippen LogP contribution in [0.15, 0.2) is 27.6 Å². The molecule has 0 aromatic heterocycles. The van der Waals surface area contributed by atoms with Crippen molar-refractivity contribution in [2.24, 2.45) is 0 Å². The smallest absolute Gasteiger partial charge is 0.0518 e. The molecule has 1 heterocycles. The number of rotatable bonds is 2. The molecule has 0 bridgehead atoms. The van der Waals surface area contributed by atoms with Crippen molar-refractivity contribution in [3.63, 3.8) is 0 Å². The lowest BCUT2D eigenvalue weighted by Crippen LogP contribution is -2.08. The molecule has 76 valence electrons. The zero-order chi connectivity index (χ0) is 10.1. The molecule has 0 fully saturated rings. The highest BCUT2D eigenvalue weighted by Gasteiger charge is 2.26. The summed E-state index contributed by atoms with van der Waals surface area (Å²) in [6, 6.07) is 6.31. The van der Waals surface area contributed by atoms with Crippen LogP contribution in [-0.4, -0.2) is 17.0 Å². The minimum absolute atomic E-state index is 0.210. The number of fused-ring (bicyclic) bond motifs is 1. The molecule has 1 aliphatic rings. The summed E-state index contributed by atoms with van der Waals surface area (Å²) < 4.78 is 1.19. The highest BCUT2D eigenvalue weighted by molar-refractivity contribution is 9.10. The summed E-state index contributed by atoms with van der Waals surface area (Å²) in [5.74, 6) is 1.61. The van der Waals surface area contributed by atoms with Crippen molar-refractivity contribution < 1.29 is 5.11 Å². The molecule has 1 aromatic rings. The molecule has 2 atom stereocenters. The molecular weight excluding hydrogens is 260 g/mol. The molecule has 0 radical (unpaired) electrons. The van der Waals surface area contributed by atoms with Gasteiger partial charge in [-0.05, 0) is 37.0 Å². The Labute approximate surface area is 97.0 Å². The van der Waals surface area contributed by atoms with Crippen LogP contribution in [-0.2, 0) is 0 Å². The highest BCUT2D eigenvalue weighted by atomic mass is 79.9. The highest BCUT2D eigenvalue weighted by Crippen LogP contribution is 2.45. The van der Waals surface area contributed by atoms with Crippen molar-refractivity contribution in [2.75, 3.05) is 5.75 Å². The van der Waals surface area contributed by atoms with E-state index in [1.807, 2.05) is 18.7 Å². The average Bonchev–Trinajstić information content (AvgIpc) is 2.49. The van der Waals surface area contributed by atoms with Crippen LogP contribution < -0.4 is 0 Å². The Kier molecular flexibility index (Phi) is 3.20. The fourth-order valence-corrected chi connectivity index (χ4v) is 4.02. The number of benzene rings is 1. The summed E-state index contributed by atoms with van der Waals surface area (Å²) in [6.45, 7) is 1.86. The van der Waals surface area contributed by atoms with Gasteiger partial charge in [0.2, 0.25) is 0 Å². The maximum absolute atomic E-state index is 9.40. The Morgan fingerprint density at radius 2 is 2.43 bits per heavy atom. The number of thioether (sulfide) groups is 1. The van der Waals surface area contributed by atoms with Gasteiger partial charge < -0.3 is 5.11 Å². The number of aliphatic hydroxyl groups excluding tert-OH is 1. The Bertz CT molecular complexity index is 338. The third-order valence-electron chi connectivity index (χ3n) is 2.49. The molecule has 0 saturated carbocycles. The fraction of sp³-hybridized carbons (Fsp3) is 0.455. The van der Waals surface area contributed by atoms with Gasteiger partial charge in [0.1, 0.15) is 0 Å². The van der Waals surface area contributed by atoms with Gasteiger partial charge in [0.05, 0.1) is 6.10 Å². The monoisotopic (exact) mass is 272 g/mol. The summed E-state index contributed by atoms with van der Waals surface area (Å²) in [5.41, 5.74) is 1.39. The Balaban J connectivity index is 2.29. The van der Waals surface area contributed by atoms with Crippen molar-refractivity contribution in [3.05, 3.63) is 28.2 Å². The van der Waals surface area contributed by atoms with Crippen molar-refractivity contribution in [3.8, 4) is 0 Å². The molecule has 1 N–H and O–H groups in total. The van der Waals surface area contributed by atoms with Crippen molar-refractivity contribution in [1.29, 1.82) is 0 Å². The van der Waals surface area contributed by atoms with Crippen LogP contribution in [0.25, 0.3) is 0 Å². The van der Waals surface area contributed by atoms with Gasteiger partial charge in [0.25, 0.3) is 0 Å². The van der Waals surface area contributed by atoms with Crippen LogP contribution in [0.2, 0.25) is 0 Å². The first-order chi connectivity index (χ1) is 6.68. The summed E-state index contributed by atoms with van der Waals surface area (Å²) in [7, 11) is 0. The van der Waals surface area contributed by atoms with E-state index in [0.29, 0.717) is 5.92 Å². The van der Waals surface area contributed by atoms with Gasteiger partial charge in [0.15, 0.2) is 0 Å². The summed E-state index contributed by atoms with van der Waals surface area (Å²) in [6.07, 6.45) is 0.654. The van der Waals surface area contributed by atoms with Crippen LogP contribution in [0.1, 0.15) is 24.8 Å². The quantitative estimate of drug-likeness (QED) is 0.891. The normalized spacial score (nSPS) is 22.1. The Morgan fingerprint density at radius 3 is 3.14 bits per heavy atom. The van der Waals surface area contributed by atoms with E-state index in [-0.39, 0.29) is 6.10 Å². The Morgan fingerprint density at radius 1 is 1.64 bits per heavy atom. The van der Waals surface area contributed by atoms with Crippen LogP contribution in [0, 0.1) is 0 Å². The van der Waals surface area contributed by atoms with E-state index in [4.69, 9.17) is 0 Å². The van der Waals surface area contributed by atoms with Crippen molar-refractivity contribution in [1.82, 2.24) is 0 Å². The molecule has 1 nitrogen and oxygen atoms in total. The van der Waals surface area contributed by atoms with Crippen LogP contribution in [0.3, 0.4) is 0 Å². The molecular formula is C11H13BrOS. The van der Waals surface area contributed by atoms with Gasteiger partial charge in [-0.1, -0.05) is 22.0 Å². The zero-order valence-corrected chi connectivity index (χ0v) is 10.4. The third kappa shape index (κ3) is 2.00. The maximum Gasteiger partial charge on any atom is 0.0518 e. The predicted octanol–water partition coefficient (Wildman–Crippen LogP) is 3.41.